The largest absolute Gasteiger partial charge is 6.00 e. The van der Waals surface area contributed by atoms with Crippen LogP contribution in [0, 0.1) is 0 Å². The van der Waals surface area contributed by atoms with Crippen molar-refractivity contribution < 1.29 is 159 Å². The summed E-state index contributed by atoms with van der Waals surface area (Å²) < 4.78 is 0. The number of rotatable bonds is 0. The predicted molar refractivity (Wildman–Crippen MR) is 40.1 cm³/mol. The molecule has 0 fully saturated rings. The number of carboxylic acid groups (broad SMARTS) is 8. The van der Waals surface area contributed by atoms with Gasteiger partial charge in [0, 0.05) is 0 Å². The third-order valence-electron chi connectivity index (χ3n) is 0.667. The molecule has 0 aliphatic heterocycles. The van der Waals surface area contributed by atoms with Crippen LogP contribution in [0.1, 0.15) is 0 Å². The van der Waals surface area contributed by atoms with Gasteiger partial charge in [0.1, 0.15) is 0 Å². The summed E-state index contributed by atoms with van der Waals surface area (Å²) in [4.78, 5) is 71.4. The molecular formula is C8Na2O16W. The van der Waals surface area contributed by atoms with Crippen molar-refractivity contribution in [1.29, 1.82) is 0 Å². The first-order chi connectivity index (χ1) is 10.6. The molecule has 0 aromatic heterocycles. The molecular weight excluding hydrogens is 582 g/mol. The zero-order valence-corrected chi connectivity index (χ0v) is 19.9. The summed E-state index contributed by atoms with van der Waals surface area (Å²) in [5.41, 5.74) is 0. The molecule has 0 spiro atoms. The van der Waals surface area contributed by atoms with Gasteiger partial charge in [0.05, 0.1) is 47.8 Å². The normalized spacial score (nSPS) is 6.52. The summed E-state index contributed by atoms with van der Waals surface area (Å²) in [6.07, 6.45) is 0. The van der Waals surface area contributed by atoms with Crippen LogP contribution in [0.2, 0.25) is 0 Å². The molecule has 136 valence electrons. The Morgan fingerprint density at radius 3 is 0.333 bits per heavy atom. The van der Waals surface area contributed by atoms with Gasteiger partial charge in [0.25, 0.3) is 0 Å². The number of aliphatic carboxylic acids is 8. The van der Waals surface area contributed by atoms with Crippen molar-refractivity contribution in [3.05, 3.63) is 0 Å². The first-order valence-corrected chi connectivity index (χ1v) is 4.27. The van der Waals surface area contributed by atoms with E-state index in [0.717, 1.165) is 0 Å². The standard InChI is InChI=1S/4C2H2O4.2Na.W/c4*3-1(4)2(5)6;;;/h4*(H,3,4)(H,5,6);;;/q;;;;2*+1;+6/p-8. The first kappa shape index (κ1) is 44.7. The van der Waals surface area contributed by atoms with E-state index in [9.17, 15) is 0 Å². The van der Waals surface area contributed by atoms with Gasteiger partial charge in [0.15, 0.2) is 0 Å². The monoisotopic (exact) mass is 582 g/mol. The van der Waals surface area contributed by atoms with Crippen LogP contribution in [-0.2, 0) is 59.4 Å². The Bertz CT molecular complexity index is 399. The zero-order chi connectivity index (χ0) is 20.6. The van der Waals surface area contributed by atoms with E-state index in [1.54, 1.807) is 0 Å². The second-order valence-electron chi connectivity index (χ2n) is 2.30. The summed E-state index contributed by atoms with van der Waals surface area (Å²) in [5.74, 6) is -17.5. The molecule has 27 heavy (non-hydrogen) atoms. The van der Waals surface area contributed by atoms with Gasteiger partial charge in [-0.3, -0.25) is 0 Å². The number of hydrogen-bond acceptors (Lipinski definition) is 16. The fraction of sp³-hybridized carbons (Fsp3) is 0. The predicted octanol–water partition coefficient (Wildman–Crippen LogP) is -20.0. The Morgan fingerprint density at radius 1 is 0.296 bits per heavy atom. The van der Waals surface area contributed by atoms with E-state index < -0.39 is 47.8 Å². The zero-order valence-electron chi connectivity index (χ0n) is 12.9. The number of carbonyl (C=O) groups excluding carboxylic acids is 8. The molecule has 0 amide bonds. The van der Waals surface area contributed by atoms with Gasteiger partial charge in [-0.1, -0.05) is 0 Å². The summed E-state index contributed by atoms with van der Waals surface area (Å²) in [6.45, 7) is 0. The molecule has 0 N–H and O–H groups in total. The van der Waals surface area contributed by atoms with Crippen LogP contribution in [0.4, 0.5) is 0 Å². The van der Waals surface area contributed by atoms with E-state index in [2.05, 4.69) is 0 Å². The van der Waals surface area contributed by atoms with Crippen molar-refractivity contribution >= 4 is 47.8 Å². The Morgan fingerprint density at radius 2 is 0.333 bits per heavy atom. The maximum atomic E-state index is 8.93. The van der Waals surface area contributed by atoms with E-state index in [0.29, 0.717) is 0 Å². The van der Waals surface area contributed by atoms with Gasteiger partial charge in [0.2, 0.25) is 0 Å². The summed E-state index contributed by atoms with van der Waals surface area (Å²) in [7, 11) is 0. The summed E-state index contributed by atoms with van der Waals surface area (Å²) in [6, 6.07) is 0. The molecule has 0 aliphatic rings. The minimum absolute atomic E-state index is 0. The smallest absolute Gasteiger partial charge is 0.543 e. The van der Waals surface area contributed by atoms with Gasteiger partial charge in [-0.15, -0.1) is 0 Å². The van der Waals surface area contributed by atoms with E-state index >= 15 is 0 Å². The third kappa shape index (κ3) is 59.0. The minimum Gasteiger partial charge on any atom is -0.543 e. The molecule has 0 bridgehead atoms. The van der Waals surface area contributed by atoms with Gasteiger partial charge >= 0.3 is 80.2 Å². The van der Waals surface area contributed by atoms with Crippen molar-refractivity contribution in [2.24, 2.45) is 0 Å². The molecule has 0 rings (SSSR count). The van der Waals surface area contributed by atoms with Crippen molar-refractivity contribution in [3.8, 4) is 0 Å². The van der Waals surface area contributed by atoms with Crippen molar-refractivity contribution in [2.45, 2.75) is 0 Å². The summed E-state index contributed by atoms with van der Waals surface area (Å²) in [5, 5.41) is 71.4. The molecule has 16 nitrogen and oxygen atoms in total. The van der Waals surface area contributed by atoms with E-state index in [-0.39, 0.29) is 80.2 Å². The van der Waals surface area contributed by atoms with Crippen molar-refractivity contribution in [2.75, 3.05) is 0 Å². The molecule has 0 aromatic carbocycles. The second kappa shape index (κ2) is 26.7. The molecule has 0 aromatic rings. The Kier molecular flexibility index (Phi) is 44.2. The van der Waals surface area contributed by atoms with E-state index in [1.165, 1.54) is 0 Å². The molecule has 0 atom stereocenters. The van der Waals surface area contributed by atoms with Crippen LogP contribution in [0.25, 0.3) is 0 Å². The van der Waals surface area contributed by atoms with E-state index in [4.69, 9.17) is 79.2 Å². The van der Waals surface area contributed by atoms with Crippen LogP contribution in [-0.4, -0.2) is 47.8 Å². The Hall–Kier alpha value is -1.55. The van der Waals surface area contributed by atoms with Crippen LogP contribution >= 0.6 is 0 Å². The molecule has 0 radical (unpaired) electrons. The number of carboxylic acids is 8. The number of hydrogen-bond donors (Lipinski definition) is 0. The molecule has 19 heteroatoms. The molecule has 0 saturated carbocycles. The van der Waals surface area contributed by atoms with Crippen molar-refractivity contribution in [1.82, 2.24) is 0 Å². The fourth-order valence-corrected chi connectivity index (χ4v) is 0. The molecule has 0 unspecified atom stereocenters. The average Bonchev–Trinajstić information content (AvgIpc) is 2.40. The van der Waals surface area contributed by atoms with Crippen molar-refractivity contribution in [3.63, 3.8) is 0 Å². The van der Waals surface area contributed by atoms with Gasteiger partial charge in [-0.25, -0.2) is 0 Å². The molecule has 0 aliphatic carbocycles. The van der Waals surface area contributed by atoms with Crippen LogP contribution in [0.5, 0.6) is 0 Å². The van der Waals surface area contributed by atoms with Crippen LogP contribution in [0.15, 0.2) is 0 Å². The Balaban J connectivity index is -0.0000000381. The molecule has 0 saturated heterocycles. The minimum atomic E-state index is -2.19. The van der Waals surface area contributed by atoms with Gasteiger partial charge in [-0.2, -0.15) is 0 Å². The Labute approximate surface area is 205 Å². The second-order valence-corrected chi connectivity index (χ2v) is 2.30. The van der Waals surface area contributed by atoms with Gasteiger partial charge < -0.3 is 79.2 Å². The quantitative estimate of drug-likeness (QED) is 0.189. The third-order valence-corrected chi connectivity index (χ3v) is 0.667. The summed E-state index contributed by atoms with van der Waals surface area (Å²) >= 11 is 0. The SMILES string of the molecule is O=C([O-])C(=O)[O-].O=C([O-])C(=O)[O-].O=C([O-])C(=O)[O-].O=C([O-])C(=O)[O-].[Na+].[Na+].[W+6]. The maximum absolute atomic E-state index is 8.93. The van der Waals surface area contributed by atoms with Crippen LogP contribution in [0.3, 0.4) is 0 Å². The topological polar surface area (TPSA) is 321 Å². The fourth-order valence-electron chi connectivity index (χ4n) is 0. The number of carbonyl (C=O) groups is 8. The average molecular weight is 582 g/mol. The van der Waals surface area contributed by atoms with Gasteiger partial charge in [-0.05, 0) is 0 Å². The first-order valence-electron chi connectivity index (χ1n) is 4.27. The van der Waals surface area contributed by atoms with E-state index in [1.807, 2.05) is 0 Å². The molecule has 0 heterocycles. The van der Waals surface area contributed by atoms with Crippen LogP contribution < -0.4 is 100.0 Å². The maximum Gasteiger partial charge on any atom is 6.00 e.